The molecule has 0 aliphatic rings. The summed E-state index contributed by atoms with van der Waals surface area (Å²) >= 11 is 0. The average molecular weight is 505 g/mol. The van der Waals surface area contributed by atoms with Crippen molar-refractivity contribution < 1.29 is 14.2 Å². The van der Waals surface area contributed by atoms with Gasteiger partial charge in [0, 0.05) is 38.0 Å². The van der Waals surface area contributed by atoms with Crippen LogP contribution in [0.4, 0.5) is 0 Å². The number of nitrogens with zero attached hydrogens (tertiary/aromatic N) is 6. The maximum atomic E-state index is 5.13. The molecule has 0 fully saturated rings. The van der Waals surface area contributed by atoms with Crippen LogP contribution in [0, 0.1) is 16.2 Å². The Balaban J connectivity index is 0.000000270. The van der Waals surface area contributed by atoms with Crippen LogP contribution in [-0.2, 0) is 19.6 Å². The van der Waals surface area contributed by atoms with Gasteiger partial charge in [-0.25, -0.2) is 4.68 Å². The maximum absolute atomic E-state index is 5.13. The summed E-state index contributed by atoms with van der Waals surface area (Å²) < 4.78 is 20.8. The molecule has 0 unspecified atom stereocenters. The summed E-state index contributed by atoms with van der Waals surface area (Å²) in [6.45, 7) is 22.3. The minimum absolute atomic E-state index is 0.235. The standard InChI is InChI=1S/3C9H16N2O/c1-9(2,3)7-11-6-8(12-4)5-10-11;1-9(2,3)7-11-6-5-8(10-11)12-4;1-9(2,3)7-11-8(12-4)5-6-10-11/h3*5-6H,7H2,1-4H3. The van der Waals surface area contributed by atoms with Crippen LogP contribution < -0.4 is 14.2 Å². The lowest BCUT2D eigenvalue weighted by atomic mass is 9.97. The Kier molecular flexibility index (Phi) is 11.5. The lowest BCUT2D eigenvalue weighted by molar-refractivity contribution is 0.284. The molecule has 3 rings (SSSR count). The number of hydrogen-bond acceptors (Lipinski definition) is 6. The Morgan fingerprint density at radius 1 is 0.694 bits per heavy atom. The summed E-state index contributed by atoms with van der Waals surface area (Å²) in [5.74, 6) is 2.32. The Labute approximate surface area is 217 Å². The predicted molar refractivity (Wildman–Crippen MR) is 145 cm³/mol. The summed E-state index contributed by atoms with van der Waals surface area (Å²) in [5.41, 5.74) is 0.757. The first kappa shape index (κ1) is 31.1. The van der Waals surface area contributed by atoms with Crippen LogP contribution in [0.3, 0.4) is 0 Å². The van der Waals surface area contributed by atoms with Gasteiger partial charge in [-0.3, -0.25) is 9.36 Å². The molecular weight excluding hydrogens is 456 g/mol. The molecule has 0 saturated heterocycles. The Hall–Kier alpha value is -2.97. The van der Waals surface area contributed by atoms with Gasteiger partial charge in [0.2, 0.25) is 11.8 Å². The molecule has 0 spiro atoms. The van der Waals surface area contributed by atoms with E-state index in [2.05, 4.69) is 77.6 Å². The van der Waals surface area contributed by atoms with Crippen LogP contribution >= 0.6 is 0 Å². The van der Waals surface area contributed by atoms with Crippen molar-refractivity contribution in [3.63, 3.8) is 0 Å². The second-order valence-corrected chi connectivity index (χ2v) is 12.3. The number of rotatable bonds is 6. The van der Waals surface area contributed by atoms with Gasteiger partial charge >= 0.3 is 0 Å². The van der Waals surface area contributed by atoms with Gasteiger partial charge in [0.25, 0.3) is 0 Å². The fraction of sp³-hybridized carbons (Fsp3) is 0.667. The molecule has 3 heterocycles. The second-order valence-electron chi connectivity index (χ2n) is 12.3. The van der Waals surface area contributed by atoms with Crippen molar-refractivity contribution in [2.75, 3.05) is 21.3 Å². The van der Waals surface area contributed by atoms with Gasteiger partial charge in [-0.2, -0.15) is 10.2 Å². The normalized spacial score (nSPS) is 11.7. The maximum Gasteiger partial charge on any atom is 0.232 e. The molecule has 9 heteroatoms. The van der Waals surface area contributed by atoms with E-state index in [0.717, 1.165) is 31.3 Å². The Morgan fingerprint density at radius 2 is 1.28 bits per heavy atom. The SMILES string of the molecule is COc1ccn(CC(C)(C)C)n1.COc1ccnn1CC(C)(C)C.COc1cnn(CC(C)(C)C)c1. The molecule has 0 aromatic carbocycles. The van der Waals surface area contributed by atoms with E-state index in [1.807, 2.05) is 38.6 Å². The molecule has 0 N–H and O–H groups in total. The van der Waals surface area contributed by atoms with E-state index in [4.69, 9.17) is 14.2 Å². The molecule has 0 saturated carbocycles. The van der Waals surface area contributed by atoms with Gasteiger partial charge in [-0.05, 0) is 16.2 Å². The van der Waals surface area contributed by atoms with E-state index in [0.29, 0.717) is 5.88 Å². The molecule has 36 heavy (non-hydrogen) atoms. The minimum Gasteiger partial charge on any atom is -0.493 e. The molecule has 3 aromatic rings. The van der Waals surface area contributed by atoms with Crippen LogP contribution in [0.15, 0.2) is 36.9 Å². The van der Waals surface area contributed by atoms with Gasteiger partial charge in [-0.15, -0.1) is 5.10 Å². The minimum atomic E-state index is 0.235. The van der Waals surface area contributed by atoms with E-state index in [9.17, 15) is 0 Å². The van der Waals surface area contributed by atoms with Crippen molar-refractivity contribution >= 4 is 0 Å². The van der Waals surface area contributed by atoms with Crippen molar-refractivity contribution in [3.8, 4) is 17.5 Å². The number of ether oxygens (including phenoxy) is 3. The highest BCUT2D eigenvalue weighted by Crippen LogP contribution is 2.20. The Bertz CT molecular complexity index is 946. The smallest absolute Gasteiger partial charge is 0.232 e. The summed E-state index contributed by atoms with van der Waals surface area (Å²) in [6.07, 6.45) is 7.33. The van der Waals surface area contributed by atoms with Crippen molar-refractivity contribution in [2.24, 2.45) is 16.2 Å². The number of methoxy groups -OCH3 is 3. The van der Waals surface area contributed by atoms with Crippen molar-refractivity contribution in [1.29, 1.82) is 0 Å². The Morgan fingerprint density at radius 3 is 1.72 bits per heavy atom. The van der Waals surface area contributed by atoms with Gasteiger partial charge in [0.1, 0.15) is 0 Å². The third-order valence-corrected chi connectivity index (χ3v) is 4.45. The first-order valence-corrected chi connectivity index (χ1v) is 12.2. The van der Waals surface area contributed by atoms with Crippen LogP contribution in [0.5, 0.6) is 17.5 Å². The summed E-state index contributed by atoms with van der Waals surface area (Å²) in [4.78, 5) is 0. The molecule has 9 nitrogen and oxygen atoms in total. The zero-order chi connectivity index (χ0) is 27.6. The topological polar surface area (TPSA) is 81.2 Å². The van der Waals surface area contributed by atoms with Gasteiger partial charge in [0.05, 0.1) is 39.9 Å². The summed E-state index contributed by atoms with van der Waals surface area (Å²) in [5, 5.41) is 12.5. The van der Waals surface area contributed by atoms with Crippen molar-refractivity contribution in [3.05, 3.63) is 36.9 Å². The molecular formula is C27H48N6O3. The van der Waals surface area contributed by atoms with Gasteiger partial charge in [-0.1, -0.05) is 62.3 Å². The molecule has 3 aromatic heterocycles. The van der Waals surface area contributed by atoms with E-state index in [1.54, 1.807) is 33.7 Å². The molecule has 204 valence electrons. The van der Waals surface area contributed by atoms with Crippen LogP contribution in [-0.4, -0.2) is 50.7 Å². The van der Waals surface area contributed by atoms with E-state index in [1.165, 1.54) is 0 Å². The molecule has 0 bridgehead atoms. The average Bonchev–Trinajstić information content (AvgIpc) is 3.46. The monoisotopic (exact) mass is 504 g/mol. The van der Waals surface area contributed by atoms with Crippen molar-refractivity contribution in [2.45, 2.75) is 81.9 Å². The second kappa shape index (κ2) is 13.4. The summed E-state index contributed by atoms with van der Waals surface area (Å²) in [7, 11) is 4.94. The third-order valence-electron chi connectivity index (χ3n) is 4.45. The highest BCUT2D eigenvalue weighted by Gasteiger charge is 2.14. The molecule has 0 aliphatic carbocycles. The lowest BCUT2D eigenvalue weighted by Crippen LogP contribution is -2.16. The predicted octanol–water partition coefficient (Wildman–Crippen LogP) is 5.81. The van der Waals surface area contributed by atoms with Gasteiger partial charge in [0.15, 0.2) is 5.75 Å². The highest BCUT2D eigenvalue weighted by molar-refractivity contribution is 5.11. The van der Waals surface area contributed by atoms with Crippen LogP contribution in [0.2, 0.25) is 0 Å². The zero-order valence-corrected chi connectivity index (χ0v) is 24.5. The largest absolute Gasteiger partial charge is 0.493 e. The number of aromatic nitrogens is 6. The van der Waals surface area contributed by atoms with Crippen molar-refractivity contribution in [1.82, 2.24) is 29.3 Å². The lowest BCUT2D eigenvalue weighted by Gasteiger charge is -2.18. The molecule has 0 amide bonds. The van der Waals surface area contributed by atoms with E-state index in [-0.39, 0.29) is 16.2 Å². The molecule has 0 aliphatic heterocycles. The van der Waals surface area contributed by atoms with Crippen LogP contribution in [0.25, 0.3) is 0 Å². The fourth-order valence-electron chi connectivity index (χ4n) is 3.11. The number of hydrogen-bond donors (Lipinski definition) is 0. The quantitative estimate of drug-likeness (QED) is 0.421. The van der Waals surface area contributed by atoms with Gasteiger partial charge < -0.3 is 14.2 Å². The molecule has 0 atom stereocenters. The summed E-state index contributed by atoms with van der Waals surface area (Å²) in [6, 6.07) is 3.73. The zero-order valence-electron chi connectivity index (χ0n) is 24.5. The highest BCUT2D eigenvalue weighted by atomic mass is 16.5. The molecule has 0 radical (unpaired) electrons. The fourth-order valence-corrected chi connectivity index (χ4v) is 3.11. The van der Waals surface area contributed by atoms with Crippen LogP contribution in [0.1, 0.15) is 62.3 Å². The van der Waals surface area contributed by atoms with E-state index < -0.39 is 0 Å². The first-order valence-electron chi connectivity index (χ1n) is 12.2. The first-order chi connectivity index (χ1) is 16.5. The third kappa shape index (κ3) is 13.2. The van der Waals surface area contributed by atoms with E-state index >= 15 is 0 Å².